The van der Waals surface area contributed by atoms with Gasteiger partial charge >= 0.3 is 0 Å². The summed E-state index contributed by atoms with van der Waals surface area (Å²) in [4.78, 5) is 0. The van der Waals surface area contributed by atoms with E-state index in [1.54, 1.807) is 6.07 Å². The molecule has 0 aromatic heterocycles. The Hall–Kier alpha value is -0.960. The van der Waals surface area contributed by atoms with Crippen molar-refractivity contribution in [2.24, 2.45) is 5.92 Å². The molecule has 0 aliphatic rings. The van der Waals surface area contributed by atoms with E-state index < -0.39 is 11.6 Å². The third-order valence-corrected chi connectivity index (χ3v) is 2.12. The molecule has 3 heteroatoms. The number of benzene rings is 1. The number of hydrogen-bond acceptors (Lipinski definition) is 1. The monoisotopic (exact) mass is 199 g/mol. The van der Waals surface area contributed by atoms with Crippen molar-refractivity contribution in [1.29, 1.82) is 0 Å². The summed E-state index contributed by atoms with van der Waals surface area (Å²) < 4.78 is 25.4. The quantitative estimate of drug-likeness (QED) is 0.785. The highest BCUT2D eigenvalue weighted by atomic mass is 19.2. The van der Waals surface area contributed by atoms with Crippen LogP contribution in [-0.4, -0.2) is 13.6 Å². The number of hydrogen-bond donors (Lipinski definition) is 1. The molecule has 1 nitrogen and oxygen atoms in total. The molecule has 1 aromatic carbocycles. The predicted octanol–water partition coefficient (Wildman–Crippen LogP) is 2.36. The Morgan fingerprint density at radius 2 is 2.00 bits per heavy atom. The van der Waals surface area contributed by atoms with Gasteiger partial charge in [0, 0.05) is 0 Å². The van der Waals surface area contributed by atoms with Gasteiger partial charge in [-0.1, -0.05) is 13.0 Å². The van der Waals surface area contributed by atoms with Gasteiger partial charge in [-0.05, 0) is 43.6 Å². The normalized spacial score (nSPS) is 12.9. The van der Waals surface area contributed by atoms with Crippen LogP contribution in [0.15, 0.2) is 18.2 Å². The highest BCUT2D eigenvalue weighted by Crippen LogP contribution is 2.12. The Kier molecular flexibility index (Phi) is 4.01. The summed E-state index contributed by atoms with van der Waals surface area (Å²) in [5.41, 5.74) is 0.839. The van der Waals surface area contributed by atoms with E-state index >= 15 is 0 Å². The molecule has 1 atom stereocenters. The molecule has 1 aromatic rings. The smallest absolute Gasteiger partial charge is 0.159 e. The SMILES string of the molecule is CNCC(C)Cc1ccc(F)c(F)c1. The van der Waals surface area contributed by atoms with Crippen molar-refractivity contribution in [2.45, 2.75) is 13.3 Å². The Bertz CT molecular complexity index is 299. The number of halogens is 2. The molecule has 1 N–H and O–H groups in total. The highest BCUT2D eigenvalue weighted by Gasteiger charge is 2.06. The molecule has 0 saturated heterocycles. The van der Waals surface area contributed by atoms with Crippen molar-refractivity contribution in [2.75, 3.05) is 13.6 Å². The largest absolute Gasteiger partial charge is 0.319 e. The molecular weight excluding hydrogens is 184 g/mol. The average molecular weight is 199 g/mol. The maximum absolute atomic E-state index is 12.8. The van der Waals surface area contributed by atoms with Crippen LogP contribution in [0, 0.1) is 17.6 Å². The van der Waals surface area contributed by atoms with Gasteiger partial charge in [0.15, 0.2) is 11.6 Å². The van der Waals surface area contributed by atoms with Crippen molar-refractivity contribution in [3.63, 3.8) is 0 Å². The molecule has 78 valence electrons. The second-order valence-electron chi connectivity index (χ2n) is 3.62. The zero-order valence-corrected chi connectivity index (χ0v) is 8.48. The molecule has 0 heterocycles. The molecule has 14 heavy (non-hydrogen) atoms. The first kappa shape index (κ1) is 11.1. The first-order chi connectivity index (χ1) is 6.63. The Morgan fingerprint density at radius 3 is 2.57 bits per heavy atom. The van der Waals surface area contributed by atoms with Gasteiger partial charge in [0.2, 0.25) is 0 Å². The van der Waals surface area contributed by atoms with Gasteiger partial charge in [-0.3, -0.25) is 0 Å². The predicted molar refractivity (Wildman–Crippen MR) is 53.2 cm³/mol. The lowest BCUT2D eigenvalue weighted by Crippen LogP contribution is -2.18. The zero-order valence-electron chi connectivity index (χ0n) is 8.48. The first-order valence-corrected chi connectivity index (χ1v) is 4.72. The summed E-state index contributed by atoms with van der Waals surface area (Å²) in [6.07, 6.45) is 0.762. The van der Waals surface area contributed by atoms with Crippen LogP contribution in [0.3, 0.4) is 0 Å². The third kappa shape index (κ3) is 3.07. The Balaban J connectivity index is 2.63. The van der Waals surface area contributed by atoms with E-state index in [0.29, 0.717) is 5.92 Å². The summed E-state index contributed by atoms with van der Waals surface area (Å²) >= 11 is 0. The topological polar surface area (TPSA) is 12.0 Å². The van der Waals surface area contributed by atoms with Gasteiger partial charge in [-0.25, -0.2) is 8.78 Å². The van der Waals surface area contributed by atoms with Gasteiger partial charge in [-0.2, -0.15) is 0 Å². The molecule has 0 bridgehead atoms. The molecule has 0 radical (unpaired) electrons. The Morgan fingerprint density at radius 1 is 1.29 bits per heavy atom. The van der Waals surface area contributed by atoms with Gasteiger partial charge in [0.1, 0.15) is 0 Å². The van der Waals surface area contributed by atoms with Crippen molar-refractivity contribution >= 4 is 0 Å². The fourth-order valence-electron chi connectivity index (χ4n) is 1.49. The van der Waals surface area contributed by atoms with Crippen molar-refractivity contribution < 1.29 is 8.78 Å². The third-order valence-electron chi connectivity index (χ3n) is 2.12. The van der Waals surface area contributed by atoms with Crippen LogP contribution in [0.25, 0.3) is 0 Å². The van der Waals surface area contributed by atoms with Crippen LogP contribution < -0.4 is 5.32 Å². The summed E-state index contributed by atoms with van der Waals surface area (Å²) in [6, 6.07) is 4.07. The van der Waals surface area contributed by atoms with E-state index in [9.17, 15) is 8.78 Å². The maximum Gasteiger partial charge on any atom is 0.159 e. The van der Waals surface area contributed by atoms with Gasteiger partial charge in [-0.15, -0.1) is 0 Å². The van der Waals surface area contributed by atoms with Crippen LogP contribution in [0.2, 0.25) is 0 Å². The highest BCUT2D eigenvalue weighted by molar-refractivity contribution is 5.18. The molecule has 0 fully saturated rings. The lowest BCUT2D eigenvalue weighted by Gasteiger charge is -2.10. The molecule has 1 rings (SSSR count). The van der Waals surface area contributed by atoms with Crippen molar-refractivity contribution in [3.8, 4) is 0 Å². The van der Waals surface area contributed by atoms with E-state index in [2.05, 4.69) is 12.2 Å². The second-order valence-corrected chi connectivity index (χ2v) is 3.62. The van der Waals surface area contributed by atoms with E-state index in [1.165, 1.54) is 12.1 Å². The van der Waals surface area contributed by atoms with Crippen LogP contribution in [0.4, 0.5) is 8.78 Å². The molecule has 0 aliphatic heterocycles. The summed E-state index contributed by atoms with van der Waals surface area (Å²) in [5, 5.41) is 3.05. The van der Waals surface area contributed by atoms with E-state index in [-0.39, 0.29) is 0 Å². The maximum atomic E-state index is 12.8. The van der Waals surface area contributed by atoms with E-state index in [1.807, 2.05) is 7.05 Å². The number of rotatable bonds is 4. The van der Waals surface area contributed by atoms with Crippen molar-refractivity contribution in [1.82, 2.24) is 5.32 Å². The van der Waals surface area contributed by atoms with Crippen molar-refractivity contribution in [3.05, 3.63) is 35.4 Å². The second kappa shape index (κ2) is 5.05. The van der Waals surface area contributed by atoms with Crippen LogP contribution >= 0.6 is 0 Å². The summed E-state index contributed by atoms with van der Waals surface area (Å²) in [7, 11) is 1.88. The van der Waals surface area contributed by atoms with Gasteiger partial charge < -0.3 is 5.32 Å². The van der Waals surface area contributed by atoms with Crippen LogP contribution in [-0.2, 0) is 6.42 Å². The minimum atomic E-state index is -0.782. The molecule has 0 spiro atoms. The summed E-state index contributed by atoms with van der Waals surface area (Å²) in [5.74, 6) is -1.13. The lowest BCUT2D eigenvalue weighted by molar-refractivity contribution is 0.501. The standard InChI is InChI=1S/C11H15F2N/c1-8(7-14-2)5-9-3-4-10(12)11(13)6-9/h3-4,6,8,14H,5,7H2,1-2H3. The van der Waals surface area contributed by atoms with Gasteiger partial charge in [0.25, 0.3) is 0 Å². The molecule has 0 aliphatic carbocycles. The van der Waals surface area contributed by atoms with E-state index in [0.717, 1.165) is 18.5 Å². The summed E-state index contributed by atoms with van der Waals surface area (Å²) in [6.45, 7) is 2.94. The fraction of sp³-hybridized carbons (Fsp3) is 0.455. The minimum Gasteiger partial charge on any atom is -0.319 e. The molecule has 0 amide bonds. The Labute approximate surface area is 83.1 Å². The van der Waals surface area contributed by atoms with E-state index in [4.69, 9.17) is 0 Å². The molecule has 1 unspecified atom stereocenters. The van der Waals surface area contributed by atoms with Crippen LogP contribution in [0.1, 0.15) is 12.5 Å². The van der Waals surface area contributed by atoms with Crippen LogP contribution in [0.5, 0.6) is 0 Å². The lowest BCUT2D eigenvalue weighted by atomic mass is 10.0. The fourth-order valence-corrected chi connectivity index (χ4v) is 1.49. The molecular formula is C11H15F2N. The average Bonchev–Trinajstić information content (AvgIpc) is 2.12. The number of nitrogens with one attached hydrogen (secondary N) is 1. The minimum absolute atomic E-state index is 0.421. The first-order valence-electron chi connectivity index (χ1n) is 4.72. The zero-order chi connectivity index (χ0) is 10.6. The molecule has 0 saturated carbocycles. The van der Waals surface area contributed by atoms with Gasteiger partial charge in [0.05, 0.1) is 0 Å².